The van der Waals surface area contributed by atoms with Crippen LogP contribution in [0.3, 0.4) is 0 Å². The number of ether oxygens (including phenoxy) is 2. The number of nitrogens with zero attached hydrogens (tertiary/aromatic N) is 1. The van der Waals surface area contributed by atoms with Crippen LogP contribution in [0.5, 0.6) is 11.5 Å². The Morgan fingerprint density at radius 1 is 1.08 bits per heavy atom. The van der Waals surface area contributed by atoms with E-state index in [0.29, 0.717) is 22.6 Å². The van der Waals surface area contributed by atoms with Gasteiger partial charge in [-0.05, 0) is 36.4 Å². The molecule has 0 amide bonds. The molecule has 3 rings (SSSR count). The minimum absolute atomic E-state index is 0.236. The largest absolute Gasteiger partial charge is 0.457 e. The number of aliphatic hydroxyl groups excluding tert-OH is 2. The molecule has 0 radical (unpaired) electrons. The van der Waals surface area contributed by atoms with E-state index in [1.165, 1.54) is 36.1 Å². The van der Waals surface area contributed by atoms with Gasteiger partial charge in [-0.15, -0.1) is 0 Å². The fourth-order valence-electron chi connectivity index (χ4n) is 2.51. The molecule has 2 N–H and O–H groups in total. The maximum Gasteiger partial charge on any atom is 0.303 e. The van der Waals surface area contributed by atoms with E-state index in [0.717, 1.165) is 0 Å². The number of carbonyl (C=O) groups is 1. The number of benzene rings is 2. The van der Waals surface area contributed by atoms with Gasteiger partial charge in [-0.1, -0.05) is 6.07 Å². The van der Waals surface area contributed by atoms with Crippen molar-refractivity contribution in [2.45, 2.75) is 19.4 Å². The molecule has 2 aromatic carbocycles. The Morgan fingerprint density at radius 2 is 1.71 bits per heavy atom. The Bertz CT molecular complexity index is 749. The third-order valence-corrected chi connectivity index (χ3v) is 3.71. The van der Waals surface area contributed by atoms with E-state index in [9.17, 15) is 19.4 Å². The molecule has 0 aliphatic carbocycles. The van der Waals surface area contributed by atoms with Crippen LogP contribution in [0.1, 0.15) is 30.5 Å². The van der Waals surface area contributed by atoms with Gasteiger partial charge in [0, 0.05) is 18.1 Å². The molecule has 2 unspecified atom stereocenters. The Hall–Kier alpha value is -2.48. The molecular weight excluding hydrogens is 317 g/mol. The van der Waals surface area contributed by atoms with Crippen LogP contribution in [0.15, 0.2) is 42.5 Å². The van der Waals surface area contributed by atoms with Gasteiger partial charge in [0.25, 0.3) is 0 Å². The Labute approximate surface area is 137 Å². The highest BCUT2D eigenvalue weighted by molar-refractivity contribution is 5.65. The summed E-state index contributed by atoms with van der Waals surface area (Å²) < 4.78 is 23.4. The number of fused-ring (bicyclic) bond motifs is 1. The van der Waals surface area contributed by atoms with Crippen molar-refractivity contribution in [3.63, 3.8) is 0 Å². The molecule has 2 aromatic rings. The first-order valence-corrected chi connectivity index (χ1v) is 7.28. The standard InChI is InChI=1S/C17H16FNO5/c1-10(20)23-9-19-16(21)14-7-6-13(8-15(14)17(19)22)24-12-4-2-11(18)3-5-12/h2-8,16-17,21-22H,9H2,1H3. The topological polar surface area (TPSA) is 79.2 Å². The van der Waals surface area contributed by atoms with Gasteiger partial charge in [-0.2, -0.15) is 0 Å². The molecule has 0 spiro atoms. The summed E-state index contributed by atoms with van der Waals surface area (Å²) in [6.45, 7) is 1.01. The third kappa shape index (κ3) is 3.23. The summed E-state index contributed by atoms with van der Waals surface area (Å²) in [4.78, 5) is 12.1. The van der Waals surface area contributed by atoms with Crippen molar-refractivity contribution in [1.82, 2.24) is 4.90 Å². The molecular formula is C17H16FNO5. The summed E-state index contributed by atoms with van der Waals surface area (Å²) in [6.07, 6.45) is -2.22. The second-order valence-electron chi connectivity index (χ2n) is 5.37. The average molecular weight is 333 g/mol. The van der Waals surface area contributed by atoms with E-state index in [-0.39, 0.29) is 12.5 Å². The van der Waals surface area contributed by atoms with Gasteiger partial charge >= 0.3 is 5.97 Å². The monoisotopic (exact) mass is 333 g/mol. The van der Waals surface area contributed by atoms with Crippen molar-refractivity contribution >= 4 is 5.97 Å². The molecule has 126 valence electrons. The highest BCUT2D eigenvalue weighted by atomic mass is 19.1. The van der Waals surface area contributed by atoms with Crippen molar-refractivity contribution in [2.24, 2.45) is 0 Å². The molecule has 7 heteroatoms. The highest BCUT2D eigenvalue weighted by Crippen LogP contribution is 2.41. The number of hydrogen-bond donors (Lipinski definition) is 2. The van der Waals surface area contributed by atoms with E-state index in [1.54, 1.807) is 18.2 Å². The average Bonchev–Trinajstić information content (AvgIpc) is 2.79. The summed E-state index contributed by atoms with van der Waals surface area (Å²) in [5, 5.41) is 20.5. The maximum atomic E-state index is 12.9. The maximum absolute atomic E-state index is 12.9. The normalized spacial score (nSPS) is 19.8. The zero-order valence-corrected chi connectivity index (χ0v) is 12.8. The summed E-state index contributed by atoms with van der Waals surface area (Å²) in [5.74, 6) is 0.00347. The lowest BCUT2D eigenvalue weighted by atomic mass is 10.1. The van der Waals surface area contributed by atoms with E-state index in [4.69, 9.17) is 9.47 Å². The van der Waals surface area contributed by atoms with E-state index in [1.807, 2.05) is 0 Å². The van der Waals surface area contributed by atoms with Crippen LogP contribution in [0.4, 0.5) is 4.39 Å². The minimum Gasteiger partial charge on any atom is -0.457 e. The molecule has 6 nitrogen and oxygen atoms in total. The number of carbonyl (C=O) groups excluding carboxylic acids is 1. The van der Waals surface area contributed by atoms with Crippen LogP contribution >= 0.6 is 0 Å². The van der Waals surface area contributed by atoms with Crippen LogP contribution in [-0.2, 0) is 9.53 Å². The SMILES string of the molecule is CC(=O)OCN1C(O)c2ccc(Oc3ccc(F)cc3)cc2C1O. The molecule has 0 bridgehead atoms. The number of halogens is 1. The fourth-order valence-corrected chi connectivity index (χ4v) is 2.51. The van der Waals surface area contributed by atoms with E-state index in [2.05, 4.69) is 0 Å². The van der Waals surface area contributed by atoms with Crippen LogP contribution in [0.25, 0.3) is 0 Å². The number of esters is 1. The first-order chi connectivity index (χ1) is 11.5. The van der Waals surface area contributed by atoms with Crippen LogP contribution < -0.4 is 4.74 Å². The lowest BCUT2D eigenvalue weighted by Crippen LogP contribution is -2.29. The molecule has 1 aliphatic heterocycles. The lowest BCUT2D eigenvalue weighted by molar-refractivity contribution is -0.165. The van der Waals surface area contributed by atoms with Crippen LogP contribution in [0, 0.1) is 5.82 Å². The number of hydrogen-bond acceptors (Lipinski definition) is 6. The van der Waals surface area contributed by atoms with Gasteiger partial charge in [-0.3, -0.25) is 4.79 Å². The second-order valence-corrected chi connectivity index (χ2v) is 5.37. The summed E-state index contributed by atoms with van der Waals surface area (Å²) in [6, 6.07) is 10.4. The number of aliphatic hydroxyl groups is 2. The third-order valence-electron chi connectivity index (χ3n) is 3.71. The first-order valence-electron chi connectivity index (χ1n) is 7.28. The summed E-state index contributed by atoms with van der Waals surface area (Å²) in [7, 11) is 0. The van der Waals surface area contributed by atoms with Crippen molar-refractivity contribution in [3.05, 3.63) is 59.4 Å². The summed E-state index contributed by atoms with van der Waals surface area (Å²) in [5.41, 5.74) is 0.954. The van der Waals surface area contributed by atoms with Gasteiger partial charge in [-0.25, -0.2) is 9.29 Å². The first kappa shape index (κ1) is 16.4. The Morgan fingerprint density at radius 3 is 2.38 bits per heavy atom. The van der Waals surface area contributed by atoms with Crippen LogP contribution in [-0.4, -0.2) is 27.8 Å². The van der Waals surface area contributed by atoms with E-state index >= 15 is 0 Å². The molecule has 1 aliphatic rings. The van der Waals surface area contributed by atoms with Crippen LogP contribution in [0.2, 0.25) is 0 Å². The minimum atomic E-state index is -1.13. The molecule has 0 aromatic heterocycles. The van der Waals surface area contributed by atoms with Crippen molar-refractivity contribution < 1.29 is 28.9 Å². The molecule has 2 atom stereocenters. The molecule has 0 saturated carbocycles. The summed E-state index contributed by atoms with van der Waals surface area (Å²) >= 11 is 0. The van der Waals surface area contributed by atoms with Crippen molar-refractivity contribution in [3.8, 4) is 11.5 Å². The van der Waals surface area contributed by atoms with Gasteiger partial charge in [0.2, 0.25) is 0 Å². The van der Waals surface area contributed by atoms with Gasteiger partial charge < -0.3 is 19.7 Å². The highest BCUT2D eigenvalue weighted by Gasteiger charge is 2.37. The Kier molecular flexibility index (Phi) is 4.48. The molecule has 24 heavy (non-hydrogen) atoms. The molecule has 1 heterocycles. The number of rotatable bonds is 4. The van der Waals surface area contributed by atoms with Gasteiger partial charge in [0.15, 0.2) is 0 Å². The zero-order chi connectivity index (χ0) is 17.3. The van der Waals surface area contributed by atoms with Crippen molar-refractivity contribution in [1.29, 1.82) is 0 Å². The van der Waals surface area contributed by atoms with Gasteiger partial charge in [0.1, 0.15) is 36.5 Å². The molecule has 0 fully saturated rings. The second kappa shape index (κ2) is 6.56. The Balaban J connectivity index is 1.79. The smallest absolute Gasteiger partial charge is 0.303 e. The molecule has 0 saturated heterocycles. The van der Waals surface area contributed by atoms with Crippen molar-refractivity contribution in [2.75, 3.05) is 6.73 Å². The fraction of sp³-hybridized carbons (Fsp3) is 0.235. The predicted octanol–water partition coefficient (Wildman–Crippen LogP) is 2.44. The zero-order valence-electron chi connectivity index (χ0n) is 12.8. The van der Waals surface area contributed by atoms with Gasteiger partial charge in [0.05, 0.1) is 0 Å². The lowest BCUT2D eigenvalue weighted by Gasteiger charge is -2.22. The van der Waals surface area contributed by atoms with E-state index < -0.39 is 18.4 Å². The quantitative estimate of drug-likeness (QED) is 0.837. The predicted molar refractivity (Wildman–Crippen MR) is 81.3 cm³/mol.